The lowest BCUT2D eigenvalue weighted by Crippen LogP contribution is -2.39. The maximum Gasteiger partial charge on any atom is 0.390 e. The maximum absolute atomic E-state index is 12.0. The van der Waals surface area contributed by atoms with E-state index in [1.807, 2.05) is 11.5 Å². The quantitative estimate of drug-likeness (QED) is 0.621. The second-order valence-electron chi connectivity index (χ2n) is 3.75. The Labute approximate surface area is 109 Å². The molecule has 1 aromatic heterocycles. The number of nitrogens with one attached hydrogen (secondary N) is 2. The number of hydrogen-bond acceptors (Lipinski definition) is 3. The van der Waals surface area contributed by atoms with Crippen molar-refractivity contribution in [3.05, 3.63) is 12.2 Å². The second kappa shape index (κ2) is 6.95. The van der Waals surface area contributed by atoms with Crippen molar-refractivity contribution in [1.29, 1.82) is 0 Å². The number of hydrogen-bond donors (Lipinski definition) is 2. The van der Waals surface area contributed by atoms with Gasteiger partial charge in [-0.25, -0.2) is 0 Å². The zero-order chi connectivity index (χ0) is 14.3. The second-order valence-corrected chi connectivity index (χ2v) is 3.75. The molecule has 0 aromatic carbocycles. The summed E-state index contributed by atoms with van der Waals surface area (Å²) in [5.41, 5.74) is 0. The van der Waals surface area contributed by atoms with Crippen molar-refractivity contribution in [2.45, 2.75) is 32.6 Å². The zero-order valence-corrected chi connectivity index (χ0v) is 10.8. The Morgan fingerprint density at radius 3 is 2.74 bits per heavy atom. The molecule has 0 amide bonds. The number of guanidine groups is 1. The van der Waals surface area contributed by atoms with Crippen LogP contribution in [-0.2, 0) is 13.1 Å². The minimum absolute atomic E-state index is 0.219. The standard InChI is InChI=1S/C10H17F3N6/c1-3-19-7-17-18-8(19)6-16-9(14-2)15-5-4-10(11,12)13/h7H,3-6H2,1-2H3,(H2,14,15,16). The van der Waals surface area contributed by atoms with Gasteiger partial charge >= 0.3 is 6.18 Å². The van der Waals surface area contributed by atoms with Crippen LogP contribution in [0.15, 0.2) is 11.3 Å². The van der Waals surface area contributed by atoms with Crippen molar-refractivity contribution in [2.75, 3.05) is 13.6 Å². The monoisotopic (exact) mass is 278 g/mol. The minimum Gasteiger partial charge on any atom is -0.356 e. The molecule has 0 unspecified atom stereocenters. The first-order chi connectivity index (χ1) is 8.96. The van der Waals surface area contributed by atoms with Gasteiger partial charge in [-0.15, -0.1) is 10.2 Å². The predicted octanol–water partition coefficient (Wildman–Crippen LogP) is 0.915. The van der Waals surface area contributed by atoms with Crippen LogP contribution in [0.5, 0.6) is 0 Å². The molecule has 0 radical (unpaired) electrons. The average Bonchev–Trinajstić information content (AvgIpc) is 2.79. The number of rotatable bonds is 5. The average molecular weight is 278 g/mol. The van der Waals surface area contributed by atoms with E-state index in [1.165, 1.54) is 7.05 Å². The molecule has 1 aromatic rings. The van der Waals surface area contributed by atoms with Crippen molar-refractivity contribution in [3.63, 3.8) is 0 Å². The number of halogens is 3. The van der Waals surface area contributed by atoms with Gasteiger partial charge in [-0.3, -0.25) is 4.99 Å². The summed E-state index contributed by atoms with van der Waals surface area (Å²) in [6.07, 6.45) is -3.48. The third-order valence-electron chi connectivity index (χ3n) is 2.37. The molecule has 0 saturated heterocycles. The maximum atomic E-state index is 12.0. The van der Waals surface area contributed by atoms with Gasteiger partial charge in [-0.2, -0.15) is 13.2 Å². The van der Waals surface area contributed by atoms with Gasteiger partial charge < -0.3 is 15.2 Å². The van der Waals surface area contributed by atoms with E-state index in [4.69, 9.17) is 0 Å². The molecular formula is C10H17F3N6. The van der Waals surface area contributed by atoms with E-state index >= 15 is 0 Å². The molecule has 1 heterocycles. The first kappa shape index (κ1) is 15.3. The summed E-state index contributed by atoms with van der Waals surface area (Å²) < 4.78 is 37.8. The van der Waals surface area contributed by atoms with Crippen molar-refractivity contribution >= 4 is 5.96 Å². The van der Waals surface area contributed by atoms with E-state index < -0.39 is 12.6 Å². The highest BCUT2D eigenvalue weighted by atomic mass is 19.4. The lowest BCUT2D eigenvalue weighted by Gasteiger charge is -2.12. The first-order valence-electron chi connectivity index (χ1n) is 5.84. The highest BCUT2D eigenvalue weighted by molar-refractivity contribution is 5.79. The highest BCUT2D eigenvalue weighted by Crippen LogP contribution is 2.17. The van der Waals surface area contributed by atoms with Gasteiger partial charge in [0.1, 0.15) is 6.33 Å². The molecule has 0 atom stereocenters. The van der Waals surface area contributed by atoms with Crippen LogP contribution in [0.25, 0.3) is 0 Å². The summed E-state index contributed by atoms with van der Waals surface area (Å²) >= 11 is 0. The van der Waals surface area contributed by atoms with Crippen LogP contribution >= 0.6 is 0 Å². The number of aromatic nitrogens is 3. The van der Waals surface area contributed by atoms with Crippen molar-refractivity contribution in [1.82, 2.24) is 25.4 Å². The molecular weight excluding hydrogens is 261 g/mol. The van der Waals surface area contributed by atoms with Crippen LogP contribution in [0.3, 0.4) is 0 Å². The van der Waals surface area contributed by atoms with Gasteiger partial charge in [-0.05, 0) is 6.92 Å². The lowest BCUT2D eigenvalue weighted by atomic mass is 10.4. The van der Waals surface area contributed by atoms with Crippen LogP contribution in [0.1, 0.15) is 19.2 Å². The molecule has 0 aliphatic rings. The van der Waals surface area contributed by atoms with E-state index in [2.05, 4.69) is 25.8 Å². The van der Waals surface area contributed by atoms with Gasteiger partial charge in [0.25, 0.3) is 0 Å². The Kier molecular flexibility index (Phi) is 5.58. The number of alkyl halides is 3. The Hall–Kier alpha value is -1.80. The number of nitrogens with zero attached hydrogens (tertiary/aromatic N) is 4. The van der Waals surface area contributed by atoms with Crippen LogP contribution in [0.2, 0.25) is 0 Å². The normalized spacial score (nSPS) is 12.6. The molecule has 9 heteroatoms. The highest BCUT2D eigenvalue weighted by Gasteiger charge is 2.26. The topological polar surface area (TPSA) is 67.1 Å². The predicted molar refractivity (Wildman–Crippen MR) is 64.6 cm³/mol. The molecule has 0 fully saturated rings. The summed E-state index contributed by atoms with van der Waals surface area (Å²) in [4.78, 5) is 3.83. The fourth-order valence-corrected chi connectivity index (χ4v) is 1.39. The van der Waals surface area contributed by atoms with Crippen molar-refractivity contribution in [2.24, 2.45) is 4.99 Å². The van der Waals surface area contributed by atoms with Crippen molar-refractivity contribution < 1.29 is 13.2 Å². The minimum atomic E-state index is -4.17. The fourth-order valence-electron chi connectivity index (χ4n) is 1.39. The summed E-state index contributed by atoms with van der Waals surface area (Å²) in [5.74, 6) is 0.996. The summed E-state index contributed by atoms with van der Waals surface area (Å²) in [6, 6.07) is 0. The van der Waals surface area contributed by atoms with Gasteiger partial charge in [0.2, 0.25) is 0 Å². The summed E-state index contributed by atoms with van der Waals surface area (Å²) in [7, 11) is 1.49. The molecule has 19 heavy (non-hydrogen) atoms. The lowest BCUT2D eigenvalue weighted by molar-refractivity contribution is -0.132. The fraction of sp³-hybridized carbons (Fsp3) is 0.700. The van der Waals surface area contributed by atoms with E-state index in [0.717, 1.165) is 6.54 Å². The van der Waals surface area contributed by atoms with E-state index in [0.29, 0.717) is 18.3 Å². The molecule has 2 N–H and O–H groups in total. The largest absolute Gasteiger partial charge is 0.390 e. The van der Waals surface area contributed by atoms with E-state index in [9.17, 15) is 13.2 Å². The van der Waals surface area contributed by atoms with Crippen LogP contribution in [0, 0.1) is 0 Å². The van der Waals surface area contributed by atoms with Crippen LogP contribution in [0.4, 0.5) is 13.2 Å². The molecule has 1 rings (SSSR count). The van der Waals surface area contributed by atoms with Crippen LogP contribution in [-0.4, -0.2) is 40.5 Å². The van der Waals surface area contributed by atoms with Gasteiger partial charge in [0.05, 0.1) is 13.0 Å². The smallest absolute Gasteiger partial charge is 0.356 e. The van der Waals surface area contributed by atoms with Gasteiger partial charge in [-0.1, -0.05) is 0 Å². The van der Waals surface area contributed by atoms with Crippen LogP contribution < -0.4 is 10.6 Å². The molecule has 0 aliphatic carbocycles. The molecule has 0 bridgehead atoms. The molecule has 6 nitrogen and oxygen atoms in total. The molecule has 108 valence electrons. The molecule has 0 aliphatic heterocycles. The van der Waals surface area contributed by atoms with E-state index in [1.54, 1.807) is 6.33 Å². The first-order valence-corrected chi connectivity index (χ1v) is 5.84. The third kappa shape index (κ3) is 5.58. The molecule has 0 spiro atoms. The molecule has 0 saturated carbocycles. The SMILES string of the molecule is CCn1cnnc1CNC(=NC)NCCC(F)(F)F. The van der Waals surface area contributed by atoms with Gasteiger partial charge in [0, 0.05) is 20.1 Å². The van der Waals surface area contributed by atoms with E-state index in [-0.39, 0.29) is 6.54 Å². The Bertz CT molecular complexity index is 412. The third-order valence-corrected chi connectivity index (χ3v) is 2.37. The zero-order valence-electron chi connectivity index (χ0n) is 10.8. The Balaban J connectivity index is 2.37. The van der Waals surface area contributed by atoms with Crippen molar-refractivity contribution in [3.8, 4) is 0 Å². The number of aryl methyl sites for hydroxylation is 1. The Morgan fingerprint density at radius 2 is 2.16 bits per heavy atom. The number of aliphatic imine (C=N–C) groups is 1. The summed E-state index contributed by atoms with van der Waals surface area (Å²) in [5, 5.41) is 13.1. The Morgan fingerprint density at radius 1 is 1.42 bits per heavy atom. The summed E-state index contributed by atoms with van der Waals surface area (Å²) in [6.45, 7) is 2.80. The van der Waals surface area contributed by atoms with Gasteiger partial charge in [0.15, 0.2) is 11.8 Å².